The Morgan fingerprint density at radius 2 is 1.70 bits per heavy atom. The van der Waals surface area contributed by atoms with Crippen LogP contribution in [0.25, 0.3) is 0 Å². The summed E-state index contributed by atoms with van der Waals surface area (Å²) in [5.41, 5.74) is 2.89. The maximum Gasteiger partial charge on any atom is 0.275 e. The summed E-state index contributed by atoms with van der Waals surface area (Å²) in [6.45, 7) is 6.04. The molecule has 0 bridgehead atoms. The number of oxazole rings is 1. The molecule has 1 amide bonds. The lowest BCUT2D eigenvalue weighted by Gasteiger charge is -2.34. The molecular formula is C26H30N4O3. The predicted molar refractivity (Wildman–Crippen MR) is 125 cm³/mol. The Labute approximate surface area is 194 Å². The number of fused-ring (bicyclic) bond motifs is 1. The summed E-state index contributed by atoms with van der Waals surface area (Å²) in [7, 11) is 1.79. The zero-order valence-electron chi connectivity index (χ0n) is 19.0. The molecule has 2 aliphatic rings. The molecule has 0 saturated carbocycles. The lowest BCUT2D eigenvalue weighted by Crippen LogP contribution is -2.45. The highest BCUT2D eigenvalue weighted by Gasteiger charge is 2.27. The summed E-state index contributed by atoms with van der Waals surface area (Å²) in [5, 5.41) is 0. The predicted octanol–water partition coefficient (Wildman–Crippen LogP) is 3.07. The lowest BCUT2D eigenvalue weighted by atomic mass is 10.1. The van der Waals surface area contributed by atoms with Gasteiger partial charge in [-0.25, -0.2) is 4.98 Å². The number of carbonyl (C=O) groups is 1. The van der Waals surface area contributed by atoms with Gasteiger partial charge in [0, 0.05) is 46.2 Å². The number of likely N-dealkylation sites (N-methyl/N-ethyl adjacent to an activating group) is 1. The molecule has 3 aromatic rings. The van der Waals surface area contributed by atoms with E-state index in [9.17, 15) is 4.79 Å². The summed E-state index contributed by atoms with van der Waals surface area (Å²) < 4.78 is 11.6. The van der Waals surface area contributed by atoms with Crippen molar-refractivity contribution < 1.29 is 13.9 Å². The van der Waals surface area contributed by atoms with E-state index in [4.69, 9.17) is 9.15 Å². The molecule has 0 spiro atoms. The second kappa shape index (κ2) is 9.77. The number of rotatable bonds is 7. The van der Waals surface area contributed by atoms with Gasteiger partial charge in [0.05, 0.1) is 13.1 Å². The molecule has 1 saturated heterocycles. The Bertz CT molecular complexity index is 1050. The van der Waals surface area contributed by atoms with Crippen LogP contribution in [0.3, 0.4) is 0 Å². The van der Waals surface area contributed by atoms with Crippen LogP contribution < -0.4 is 4.74 Å². The molecule has 5 rings (SSSR count). The molecule has 0 aliphatic carbocycles. The number of nitrogens with zero attached hydrogens (tertiary/aromatic N) is 4. The van der Waals surface area contributed by atoms with Gasteiger partial charge in [-0.2, -0.15) is 0 Å². The van der Waals surface area contributed by atoms with Gasteiger partial charge in [0.15, 0.2) is 5.69 Å². The van der Waals surface area contributed by atoms with Crippen molar-refractivity contribution in [2.75, 3.05) is 39.8 Å². The van der Waals surface area contributed by atoms with Crippen molar-refractivity contribution in [3.63, 3.8) is 0 Å². The maximum absolute atomic E-state index is 12.9. The summed E-state index contributed by atoms with van der Waals surface area (Å²) in [6, 6.07) is 18.6. The fourth-order valence-electron chi connectivity index (χ4n) is 4.56. The largest absolute Gasteiger partial charge is 0.488 e. The minimum Gasteiger partial charge on any atom is -0.488 e. The van der Waals surface area contributed by atoms with Gasteiger partial charge in [-0.05, 0) is 17.2 Å². The van der Waals surface area contributed by atoms with Gasteiger partial charge < -0.3 is 14.1 Å². The standard InChI is InChI=1S/C26H30N4O3/c1-28(17-22-15-21-9-5-6-10-24(21)33-22)26(31)23-19-32-25(27-23)18-30-13-11-29(12-14-30)16-20-7-3-2-4-8-20/h2-10,19,22H,11-18H2,1H3. The summed E-state index contributed by atoms with van der Waals surface area (Å²) in [6.07, 6.45) is 2.26. The molecule has 1 atom stereocenters. The first-order chi connectivity index (χ1) is 16.1. The molecule has 2 aromatic carbocycles. The van der Waals surface area contributed by atoms with Crippen LogP contribution in [0.2, 0.25) is 0 Å². The van der Waals surface area contributed by atoms with Crippen LogP contribution >= 0.6 is 0 Å². The van der Waals surface area contributed by atoms with E-state index >= 15 is 0 Å². The Balaban J connectivity index is 1.09. The van der Waals surface area contributed by atoms with Crippen molar-refractivity contribution in [3.05, 3.63) is 83.6 Å². The van der Waals surface area contributed by atoms with Gasteiger partial charge in [-0.1, -0.05) is 48.5 Å². The van der Waals surface area contributed by atoms with Crippen molar-refractivity contribution in [3.8, 4) is 5.75 Å². The van der Waals surface area contributed by atoms with Crippen LogP contribution in [0.4, 0.5) is 0 Å². The normalized spacial score (nSPS) is 18.6. The number of hydrogen-bond donors (Lipinski definition) is 0. The first-order valence-electron chi connectivity index (χ1n) is 11.6. The monoisotopic (exact) mass is 446 g/mol. The fourth-order valence-corrected chi connectivity index (χ4v) is 4.56. The first-order valence-corrected chi connectivity index (χ1v) is 11.6. The molecule has 7 heteroatoms. The van der Waals surface area contributed by atoms with Gasteiger partial charge in [-0.15, -0.1) is 0 Å². The third kappa shape index (κ3) is 5.26. The van der Waals surface area contributed by atoms with Crippen LogP contribution in [0, 0.1) is 0 Å². The Morgan fingerprint density at radius 3 is 2.45 bits per heavy atom. The molecule has 172 valence electrons. The van der Waals surface area contributed by atoms with Gasteiger partial charge in [0.25, 0.3) is 5.91 Å². The quantitative estimate of drug-likeness (QED) is 0.556. The van der Waals surface area contributed by atoms with E-state index in [0.717, 1.165) is 44.9 Å². The second-order valence-corrected chi connectivity index (χ2v) is 8.90. The Kier molecular flexibility index (Phi) is 6.41. The van der Waals surface area contributed by atoms with Crippen LogP contribution in [-0.2, 0) is 19.5 Å². The van der Waals surface area contributed by atoms with E-state index < -0.39 is 0 Å². The molecule has 1 aromatic heterocycles. The smallest absolute Gasteiger partial charge is 0.275 e. The number of ether oxygens (including phenoxy) is 1. The number of benzene rings is 2. The minimum atomic E-state index is -0.141. The highest BCUT2D eigenvalue weighted by molar-refractivity contribution is 5.91. The molecule has 3 heterocycles. The average Bonchev–Trinajstić information content (AvgIpc) is 3.47. The van der Waals surface area contributed by atoms with E-state index in [1.807, 2.05) is 18.2 Å². The zero-order chi connectivity index (χ0) is 22.6. The maximum atomic E-state index is 12.9. The number of piperazine rings is 1. The Morgan fingerprint density at radius 1 is 1.00 bits per heavy atom. The summed E-state index contributed by atoms with van der Waals surface area (Å²) >= 11 is 0. The van der Waals surface area contributed by atoms with E-state index in [0.29, 0.717) is 24.7 Å². The van der Waals surface area contributed by atoms with Crippen LogP contribution in [0.1, 0.15) is 27.5 Å². The van der Waals surface area contributed by atoms with Crippen molar-refractivity contribution >= 4 is 5.91 Å². The average molecular weight is 447 g/mol. The number of carbonyl (C=O) groups excluding carboxylic acids is 1. The van der Waals surface area contributed by atoms with Crippen molar-refractivity contribution in [1.29, 1.82) is 0 Å². The molecule has 7 nitrogen and oxygen atoms in total. The molecule has 1 unspecified atom stereocenters. The van der Waals surface area contributed by atoms with Gasteiger partial charge >= 0.3 is 0 Å². The van der Waals surface area contributed by atoms with E-state index in [2.05, 4.69) is 51.2 Å². The molecule has 0 radical (unpaired) electrons. The van der Waals surface area contributed by atoms with Crippen LogP contribution in [0.15, 0.2) is 65.3 Å². The van der Waals surface area contributed by atoms with Crippen LogP contribution in [0.5, 0.6) is 5.75 Å². The molecule has 2 aliphatic heterocycles. The van der Waals surface area contributed by atoms with Crippen molar-refractivity contribution in [1.82, 2.24) is 19.7 Å². The van der Waals surface area contributed by atoms with Gasteiger partial charge in [0.1, 0.15) is 18.1 Å². The Hall–Kier alpha value is -3.16. The SMILES string of the molecule is CN(CC1Cc2ccccc2O1)C(=O)c1coc(CN2CCN(Cc3ccccc3)CC2)n1. The zero-order valence-corrected chi connectivity index (χ0v) is 19.0. The topological polar surface area (TPSA) is 62.1 Å². The summed E-state index contributed by atoms with van der Waals surface area (Å²) in [5.74, 6) is 1.36. The van der Waals surface area contributed by atoms with Crippen molar-refractivity contribution in [2.45, 2.75) is 25.6 Å². The lowest BCUT2D eigenvalue weighted by molar-refractivity contribution is 0.0724. The minimum absolute atomic E-state index is 0.0325. The highest BCUT2D eigenvalue weighted by atomic mass is 16.5. The third-order valence-electron chi connectivity index (χ3n) is 6.38. The number of amides is 1. The molecule has 0 N–H and O–H groups in total. The third-order valence-corrected chi connectivity index (χ3v) is 6.38. The fraction of sp³-hybridized carbons (Fsp3) is 0.385. The molecule has 33 heavy (non-hydrogen) atoms. The number of para-hydroxylation sites is 1. The van der Waals surface area contributed by atoms with Gasteiger partial charge in [0.2, 0.25) is 5.89 Å². The molecular weight excluding hydrogens is 416 g/mol. The number of hydrogen-bond acceptors (Lipinski definition) is 6. The van der Waals surface area contributed by atoms with E-state index in [1.165, 1.54) is 17.4 Å². The van der Waals surface area contributed by atoms with Crippen LogP contribution in [-0.4, -0.2) is 71.5 Å². The summed E-state index contributed by atoms with van der Waals surface area (Å²) in [4.78, 5) is 23.8. The van der Waals surface area contributed by atoms with E-state index in [1.54, 1.807) is 11.9 Å². The second-order valence-electron chi connectivity index (χ2n) is 8.90. The number of aromatic nitrogens is 1. The van der Waals surface area contributed by atoms with Crippen molar-refractivity contribution in [2.24, 2.45) is 0 Å². The molecule has 1 fully saturated rings. The van der Waals surface area contributed by atoms with Gasteiger partial charge in [-0.3, -0.25) is 14.6 Å². The highest BCUT2D eigenvalue weighted by Crippen LogP contribution is 2.28. The first kappa shape index (κ1) is 21.7. The van der Waals surface area contributed by atoms with E-state index in [-0.39, 0.29) is 12.0 Å².